The minimum absolute atomic E-state index is 0.285. The van der Waals surface area contributed by atoms with E-state index in [1.54, 1.807) is 12.5 Å². The molecule has 0 aromatic carbocycles. The van der Waals surface area contributed by atoms with Crippen molar-refractivity contribution in [3.63, 3.8) is 0 Å². The number of hydrogen-bond acceptors (Lipinski definition) is 4. The van der Waals surface area contributed by atoms with E-state index in [2.05, 4.69) is 35.2 Å². The van der Waals surface area contributed by atoms with E-state index in [0.29, 0.717) is 0 Å². The number of nitrogens with zero attached hydrogens (tertiary/aromatic N) is 2. The van der Waals surface area contributed by atoms with E-state index in [1.165, 1.54) is 0 Å². The van der Waals surface area contributed by atoms with Crippen molar-refractivity contribution < 1.29 is 0 Å². The van der Waals surface area contributed by atoms with Gasteiger partial charge < -0.3 is 0 Å². The van der Waals surface area contributed by atoms with Crippen LogP contribution in [0.1, 0.15) is 5.69 Å². The van der Waals surface area contributed by atoms with Gasteiger partial charge in [-0.3, -0.25) is 0 Å². The second kappa shape index (κ2) is 4.62. The molecule has 0 aliphatic heterocycles. The highest BCUT2D eigenvalue weighted by molar-refractivity contribution is 7.84. The Morgan fingerprint density at radius 1 is 1.55 bits per heavy atom. The molecule has 0 amide bonds. The summed E-state index contributed by atoms with van der Waals surface area (Å²) in [6.07, 6.45) is 4.14. The third kappa shape index (κ3) is 3.12. The van der Waals surface area contributed by atoms with Crippen molar-refractivity contribution in [3.05, 3.63) is 24.3 Å². The average Bonchev–Trinajstić information content (AvgIpc) is 2.06. The normalized spacial score (nSPS) is 12.9. The summed E-state index contributed by atoms with van der Waals surface area (Å²) >= 11 is 8.43. The van der Waals surface area contributed by atoms with Crippen LogP contribution in [0.2, 0.25) is 0 Å². The molecule has 0 aliphatic carbocycles. The fourth-order valence-corrected chi connectivity index (χ4v) is 1.06. The van der Waals surface area contributed by atoms with Gasteiger partial charge in [-0.25, -0.2) is 9.97 Å². The minimum Gasteiger partial charge on any atom is -0.245 e. The molecule has 4 heteroatoms. The second-order valence-electron chi connectivity index (χ2n) is 2.24. The molecule has 0 spiro atoms. The largest absolute Gasteiger partial charge is 0.245 e. The first-order chi connectivity index (χ1) is 5.33. The van der Waals surface area contributed by atoms with Crippen molar-refractivity contribution in [3.8, 4) is 0 Å². The zero-order valence-corrected chi connectivity index (χ0v) is 7.80. The lowest BCUT2D eigenvalue weighted by molar-refractivity contribution is 0.904. The summed E-state index contributed by atoms with van der Waals surface area (Å²) in [7, 11) is 0. The summed E-state index contributed by atoms with van der Waals surface area (Å²) in [4.78, 5) is 7.90. The Bertz CT molecular complexity index is 203. The average molecular weight is 186 g/mol. The molecule has 1 unspecified atom stereocenters. The van der Waals surface area contributed by atoms with Crippen LogP contribution in [0, 0.1) is 0 Å². The zero-order chi connectivity index (χ0) is 8.10. The van der Waals surface area contributed by atoms with Gasteiger partial charge >= 0.3 is 0 Å². The van der Waals surface area contributed by atoms with Crippen molar-refractivity contribution >= 4 is 25.3 Å². The van der Waals surface area contributed by atoms with E-state index in [1.807, 2.05) is 6.07 Å². The summed E-state index contributed by atoms with van der Waals surface area (Å²) in [6.45, 7) is 0. The Balaban J connectivity index is 2.51. The van der Waals surface area contributed by atoms with E-state index >= 15 is 0 Å². The van der Waals surface area contributed by atoms with Gasteiger partial charge in [0, 0.05) is 29.3 Å². The molecule has 0 saturated carbocycles. The van der Waals surface area contributed by atoms with Crippen LogP contribution in [0.25, 0.3) is 0 Å². The Morgan fingerprint density at radius 3 is 2.91 bits per heavy atom. The third-order valence-electron chi connectivity index (χ3n) is 1.30. The van der Waals surface area contributed by atoms with E-state index in [9.17, 15) is 0 Å². The van der Waals surface area contributed by atoms with Crippen molar-refractivity contribution in [2.75, 3.05) is 5.75 Å². The van der Waals surface area contributed by atoms with E-state index in [0.717, 1.165) is 17.9 Å². The molecule has 2 nitrogen and oxygen atoms in total. The van der Waals surface area contributed by atoms with E-state index in [-0.39, 0.29) is 5.25 Å². The van der Waals surface area contributed by atoms with Gasteiger partial charge in [-0.1, -0.05) is 0 Å². The molecule has 60 valence electrons. The first-order valence-electron chi connectivity index (χ1n) is 3.36. The van der Waals surface area contributed by atoms with Crippen molar-refractivity contribution in [2.45, 2.75) is 11.7 Å². The summed E-state index contributed by atoms with van der Waals surface area (Å²) in [5.74, 6) is 0.771. The lowest BCUT2D eigenvalue weighted by Gasteiger charge is -2.04. The Hall–Kier alpha value is -0.220. The molecular formula is C7H10N2S2. The second-order valence-corrected chi connectivity index (χ2v) is 3.34. The number of hydrogen-bond donors (Lipinski definition) is 2. The molecule has 1 aromatic heterocycles. The molecule has 0 N–H and O–H groups in total. The summed E-state index contributed by atoms with van der Waals surface area (Å²) in [6, 6.07) is 1.90. The highest BCUT2D eigenvalue weighted by Crippen LogP contribution is 2.05. The predicted molar refractivity (Wildman–Crippen MR) is 52.4 cm³/mol. The van der Waals surface area contributed by atoms with Crippen LogP contribution in [-0.2, 0) is 6.42 Å². The highest BCUT2D eigenvalue weighted by atomic mass is 32.1. The molecule has 1 heterocycles. The topological polar surface area (TPSA) is 25.8 Å². The molecule has 0 fully saturated rings. The monoisotopic (exact) mass is 186 g/mol. The summed E-state index contributed by atoms with van der Waals surface area (Å²) in [5, 5.41) is 0.285. The number of aromatic nitrogens is 2. The van der Waals surface area contributed by atoms with Gasteiger partial charge in [-0.05, 0) is 6.07 Å². The molecule has 11 heavy (non-hydrogen) atoms. The zero-order valence-electron chi connectivity index (χ0n) is 6.01. The SMILES string of the molecule is SCC(S)Cc1ccncn1. The van der Waals surface area contributed by atoms with E-state index < -0.39 is 0 Å². The van der Waals surface area contributed by atoms with Crippen LogP contribution in [0.5, 0.6) is 0 Å². The fraction of sp³-hybridized carbons (Fsp3) is 0.429. The van der Waals surface area contributed by atoms with Crippen molar-refractivity contribution in [1.82, 2.24) is 9.97 Å². The number of rotatable bonds is 3. The predicted octanol–water partition coefficient (Wildman–Crippen LogP) is 1.25. The number of thiol groups is 2. The third-order valence-corrected chi connectivity index (χ3v) is 2.39. The van der Waals surface area contributed by atoms with E-state index in [4.69, 9.17) is 0 Å². The Labute approximate surface area is 77.3 Å². The highest BCUT2D eigenvalue weighted by Gasteiger charge is 2.01. The van der Waals surface area contributed by atoms with Gasteiger partial charge in [0.1, 0.15) is 6.33 Å². The lowest BCUT2D eigenvalue weighted by atomic mass is 10.2. The molecule has 0 saturated heterocycles. The quantitative estimate of drug-likeness (QED) is 0.695. The molecule has 1 atom stereocenters. The first kappa shape index (κ1) is 8.87. The minimum atomic E-state index is 0.285. The summed E-state index contributed by atoms with van der Waals surface area (Å²) < 4.78 is 0. The molecule has 0 radical (unpaired) electrons. The molecule has 1 aromatic rings. The summed E-state index contributed by atoms with van der Waals surface area (Å²) in [5.41, 5.74) is 1.02. The molecular weight excluding hydrogens is 176 g/mol. The lowest BCUT2D eigenvalue weighted by Crippen LogP contribution is -2.06. The van der Waals surface area contributed by atoms with Gasteiger partial charge in [0.05, 0.1) is 0 Å². The standard InChI is InChI=1S/C7H10N2S2/c10-4-7(11)3-6-1-2-8-5-9-6/h1-2,5,7,10-11H,3-4H2. The Morgan fingerprint density at radius 2 is 2.36 bits per heavy atom. The van der Waals surface area contributed by atoms with Crippen LogP contribution < -0.4 is 0 Å². The van der Waals surface area contributed by atoms with Gasteiger partial charge in [0.2, 0.25) is 0 Å². The van der Waals surface area contributed by atoms with Crippen LogP contribution in [0.3, 0.4) is 0 Å². The smallest absolute Gasteiger partial charge is 0.115 e. The Kier molecular flexibility index (Phi) is 3.72. The van der Waals surface area contributed by atoms with Crippen LogP contribution in [-0.4, -0.2) is 21.0 Å². The van der Waals surface area contributed by atoms with Crippen LogP contribution in [0.15, 0.2) is 18.6 Å². The maximum Gasteiger partial charge on any atom is 0.115 e. The van der Waals surface area contributed by atoms with Crippen molar-refractivity contribution in [2.24, 2.45) is 0 Å². The maximum atomic E-state index is 4.30. The first-order valence-corrected chi connectivity index (χ1v) is 4.51. The van der Waals surface area contributed by atoms with Gasteiger partial charge in [-0.2, -0.15) is 25.3 Å². The maximum absolute atomic E-state index is 4.30. The van der Waals surface area contributed by atoms with Gasteiger partial charge in [0.15, 0.2) is 0 Å². The molecule has 1 rings (SSSR count). The molecule has 0 bridgehead atoms. The molecule has 0 aliphatic rings. The van der Waals surface area contributed by atoms with Gasteiger partial charge in [-0.15, -0.1) is 0 Å². The van der Waals surface area contributed by atoms with Gasteiger partial charge in [0.25, 0.3) is 0 Å². The van der Waals surface area contributed by atoms with Crippen LogP contribution in [0.4, 0.5) is 0 Å². The van der Waals surface area contributed by atoms with Crippen molar-refractivity contribution in [1.29, 1.82) is 0 Å². The fourth-order valence-electron chi connectivity index (χ4n) is 0.745. The van der Waals surface area contributed by atoms with Crippen LogP contribution >= 0.6 is 25.3 Å².